The van der Waals surface area contributed by atoms with Crippen LogP contribution in [0.1, 0.15) is 20.8 Å². The summed E-state index contributed by atoms with van der Waals surface area (Å²) in [5.41, 5.74) is 0. The molecule has 11 heavy (non-hydrogen) atoms. The molecule has 1 atom stereocenters. The second-order valence-electron chi connectivity index (χ2n) is 1.48. The van der Waals surface area contributed by atoms with E-state index in [-0.39, 0.29) is 19.8 Å². The van der Waals surface area contributed by atoms with Crippen molar-refractivity contribution in [2.75, 3.05) is 19.8 Å². The van der Waals surface area contributed by atoms with Gasteiger partial charge in [0.2, 0.25) is 0 Å². The first-order valence-corrected chi connectivity index (χ1v) is 3.69. The van der Waals surface area contributed by atoms with E-state index in [1.165, 1.54) is 6.92 Å². The molecule has 0 aromatic heterocycles. The lowest BCUT2D eigenvalue weighted by Crippen LogP contribution is -2.03. The minimum absolute atomic E-state index is 0.125. The van der Waals surface area contributed by atoms with Gasteiger partial charge in [0.1, 0.15) is 0 Å². The summed E-state index contributed by atoms with van der Waals surface area (Å²) in [4.78, 5) is 0. The van der Waals surface area contributed by atoms with Gasteiger partial charge < -0.3 is 20.4 Å². The van der Waals surface area contributed by atoms with E-state index in [0.717, 1.165) is 0 Å². The van der Waals surface area contributed by atoms with Crippen molar-refractivity contribution in [1.82, 2.24) is 0 Å². The van der Waals surface area contributed by atoms with Gasteiger partial charge in [-0.25, -0.2) is 0 Å². The number of hydrogen-bond acceptors (Lipinski definition) is 4. The third kappa shape index (κ3) is 75.0. The molecule has 0 radical (unpaired) electrons. The van der Waals surface area contributed by atoms with E-state index in [9.17, 15) is 0 Å². The van der Waals surface area contributed by atoms with Gasteiger partial charge in [-0.15, -0.1) is 0 Å². The van der Waals surface area contributed by atoms with Crippen LogP contribution in [0.5, 0.6) is 0 Å². The molecule has 4 heteroatoms. The van der Waals surface area contributed by atoms with Crippen molar-refractivity contribution in [3.8, 4) is 0 Å². The second-order valence-corrected chi connectivity index (χ2v) is 1.48. The molecule has 72 valence electrons. The van der Waals surface area contributed by atoms with Crippen molar-refractivity contribution >= 4 is 0 Å². The zero-order valence-corrected chi connectivity index (χ0v) is 7.49. The highest BCUT2D eigenvalue weighted by Crippen LogP contribution is 1.68. The molecule has 0 aromatic rings. The molecule has 0 amide bonds. The average Bonchev–Trinajstić information content (AvgIpc) is 2.08. The highest BCUT2D eigenvalue weighted by atomic mass is 16.3. The van der Waals surface area contributed by atoms with E-state index < -0.39 is 6.10 Å². The van der Waals surface area contributed by atoms with Crippen LogP contribution in [-0.2, 0) is 0 Å². The molecule has 0 saturated heterocycles. The molecular weight excluding hydrogens is 148 g/mol. The van der Waals surface area contributed by atoms with Crippen LogP contribution in [0.3, 0.4) is 0 Å². The van der Waals surface area contributed by atoms with Gasteiger partial charge in [-0.1, -0.05) is 13.8 Å². The van der Waals surface area contributed by atoms with Crippen LogP contribution in [0.15, 0.2) is 0 Å². The molecule has 0 aliphatic rings. The smallest absolute Gasteiger partial charge is 0.0742 e. The summed E-state index contributed by atoms with van der Waals surface area (Å²) in [6, 6.07) is 0. The van der Waals surface area contributed by atoms with E-state index in [2.05, 4.69) is 0 Å². The summed E-state index contributed by atoms with van der Waals surface area (Å²) < 4.78 is 0. The summed E-state index contributed by atoms with van der Waals surface area (Å²) >= 11 is 0. The lowest BCUT2D eigenvalue weighted by atomic mass is 10.5. The molecule has 0 bridgehead atoms. The molecule has 0 rings (SSSR count). The summed E-state index contributed by atoms with van der Waals surface area (Å²) in [5, 5.41) is 31.3. The van der Waals surface area contributed by atoms with Gasteiger partial charge >= 0.3 is 0 Å². The fourth-order valence-corrected chi connectivity index (χ4v) is 0. The maximum Gasteiger partial charge on any atom is 0.0742 e. The maximum atomic E-state index is 8.11. The Hall–Kier alpha value is -0.160. The summed E-state index contributed by atoms with van der Waals surface area (Å²) in [6.07, 6.45) is -0.560. The van der Waals surface area contributed by atoms with Crippen LogP contribution in [0.2, 0.25) is 0 Å². The fourth-order valence-electron chi connectivity index (χ4n) is 0. The quantitative estimate of drug-likeness (QED) is 0.442. The zero-order valence-electron chi connectivity index (χ0n) is 7.49. The Kier molecular flexibility index (Phi) is 35.0. The first-order valence-electron chi connectivity index (χ1n) is 3.69. The molecule has 4 N–H and O–H groups in total. The number of rotatable bonds is 2. The SMILES string of the molecule is CC.CC(O)CO.OCCO. The van der Waals surface area contributed by atoms with Crippen molar-refractivity contribution in [3.05, 3.63) is 0 Å². The minimum atomic E-state index is -0.560. The first-order chi connectivity index (χ1) is 5.18. The highest BCUT2D eigenvalue weighted by Gasteiger charge is 1.83. The van der Waals surface area contributed by atoms with Crippen LogP contribution in [0.25, 0.3) is 0 Å². The third-order valence-corrected chi connectivity index (χ3v) is 0.364. The molecule has 0 aromatic carbocycles. The lowest BCUT2D eigenvalue weighted by molar-refractivity contribution is 0.110. The molecule has 0 saturated carbocycles. The van der Waals surface area contributed by atoms with Gasteiger partial charge in [-0.05, 0) is 6.92 Å². The van der Waals surface area contributed by atoms with E-state index in [1.807, 2.05) is 13.8 Å². The predicted octanol–water partition coefficient (Wildman–Crippen LogP) is -0.643. The third-order valence-electron chi connectivity index (χ3n) is 0.364. The Bertz CT molecular complexity index is 37.4. The van der Waals surface area contributed by atoms with Gasteiger partial charge in [0, 0.05) is 0 Å². The van der Waals surface area contributed by atoms with E-state index in [0.29, 0.717) is 0 Å². The Morgan fingerprint density at radius 3 is 1.18 bits per heavy atom. The predicted molar refractivity (Wildman–Crippen MR) is 44.3 cm³/mol. The van der Waals surface area contributed by atoms with Gasteiger partial charge in [-0.3, -0.25) is 0 Å². The van der Waals surface area contributed by atoms with Crippen LogP contribution >= 0.6 is 0 Å². The molecule has 4 nitrogen and oxygen atoms in total. The Balaban J connectivity index is -0.0000000965. The van der Waals surface area contributed by atoms with Crippen LogP contribution in [0.4, 0.5) is 0 Å². The van der Waals surface area contributed by atoms with E-state index in [1.54, 1.807) is 0 Å². The van der Waals surface area contributed by atoms with Crippen LogP contribution in [-0.4, -0.2) is 46.4 Å². The number of hydrogen-bond donors (Lipinski definition) is 4. The van der Waals surface area contributed by atoms with E-state index in [4.69, 9.17) is 20.4 Å². The fraction of sp³-hybridized carbons (Fsp3) is 1.00. The largest absolute Gasteiger partial charge is 0.394 e. The first kappa shape index (κ1) is 17.1. The zero-order chi connectivity index (χ0) is 9.70. The lowest BCUT2D eigenvalue weighted by Gasteiger charge is -1.90. The number of aliphatic hydroxyl groups excluding tert-OH is 4. The molecule has 0 fully saturated rings. The Labute approximate surface area is 68.1 Å². The average molecular weight is 168 g/mol. The second kappa shape index (κ2) is 22.5. The summed E-state index contributed by atoms with van der Waals surface area (Å²) in [6.45, 7) is 5.14. The molecular formula is C7H20O4. The van der Waals surface area contributed by atoms with Crippen LogP contribution < -0.4 is 0 Å². The Morgan fingerprint density at radius 1 is 1.00 bits per heavy atom. The standard InChI is InChI=1S/C3H8O2.C2H6O2.C2H6/c1-3(5)2-4;3-1-2-4;1-2/h3-5H,2H2,1H3;3-4H,1-2H2;1-2H3. The normalized spacial score (nSPS) is 10.1. The highest BCUT2D eigenvalue weighted by molar-refractivity contribution is 4.34. The van der Waals surface area contributed by atoms with Crippen molar-refractivity contribution < 1.29 is 20.4 Å². The van der Waals surface area contributed by atoms with Crippen molar-refractivity contribution in [1.29, 1.82) is 0 Å². The summed E-state index contributed by atoms with van der Waals surface area (Å²) in [5.74, 6) is 0. The van der Waals surface area contributed by atoms with Gasteiger partial charge in [0.25, 0.3) is 0 Å². The number of aliphatic hydroxyl groups is 4. The van der Waals surface area contributed by atoms with Gasteiger partial charge in [0.05, 0.1) is 25.9 Å². The molecule has 1 unspecified atom stereocenters. The van der Waals surface area contributed by atoms with Crippen molar-refractivity contribution in [2.24, 2.45) is 0 Å². The van der Waals surface area contributed by atoms with Crippen molar-refractivity contribution in [2.45, 2.75) is 26.9 Å². The topological polar surface area (TPSA) is 80.9 Å². The maximum absolute atomic E-state index is 8.11. The molecule has 0 heterocycles. The molecule has 0 aliphatic heterocycles. The Morgan fingerprint density at radius 2 is 1.18 bits per heavy atom. The van der Waals surface area contributed by atoms with Gasteiger partial charge in [0.15, 0.2) is 0 Å². The van der Waals surface area contributed by atoms with E-state index >= 15 is 0 Å². The van der Waals surface area contributed by atoms with Gasteiger partial charge in [-0.2, -0.15) is 0 Å². The summed E-state index contributed by atoms with van der Waals surface area (Å²) in [7, 11) is 0. The minimum Gasteiger partial charge on any atom is -0.394 e. The van der Waals surface area contributed by atoms with Crippen LogP contribution in [0, 0.1) is 0 Å². The molecule has 0 spiro atoms. The van der Waals surface area contributed by atoms with Crippen molar-refractivity contribution in [3.63, 3.8) is 0 Å². The monoisotopic (exact) mass is 168 g/mol. The molecule has 0 aliphatic carbocycles.